The number of pyridine rings is 1. The van der Waals surface area contributed by atoms with Gasteiger partial charge >= 0.3 is 0 Å². The zero-order valence-electron chi connectivity index (χ0n) is 44.6. The molecule has 17 rings (SSSR count). The molecule has 5 aromatic heterocycles. The van der Waals surface area contributed by atoms with E-state index >= 15 is 0 Å². The summed E-state index contributed by atoms with van der Waals surface area (Å²) in [5, 5.41) is 9.68. The number of allylic oxidation sites excluding steroid dienone is 1. The smallest absolute Gasteiger partial charge is 0.0790 e. The van der Waals surface area contributed by atoms with Crippen LogP contribution in [0.3, 0.4) is 0 Å². The van der Waals surface area contributed by atoms with Crippen molar-refractivity contribution in [3.63, 3.8) is 0 Å². The van der Waals surface area contributed by atoms with Gasteiger partial charge in [0.1, 0.15) is 0 Å². The number of fused-ring (bicyclic) bond motifs is 13. The highest BCUT2D eigenvalue weighted by Crippen LogP contribution is 2.44. The van der Waals surface area contributed by atoms with Crippen molar-refractivity contribution in [1.29, 1.82) is 0 Å². The van der Waals surface area contributed by atoms with Crippen molar-refractivity contribution in [3.05, 3.63) is 296 Å². The second kappa shape index (κ2) is 18.4. The average molecular weight is 1050 g/mol. The first-order valence-corrected chi connectivity index (χ1v) is 28.2. The molecule has 0 N–H and O–H groups in total. The molecule has 0 fully saturated rings. The number of aromatic nitrogens is 5. The molecule has 16 aromatic rings. The van der Waals surface area contributed by atoms with E-state index in [1.807, 2.05) is 6.07 Å². The molecule has 0 radical (unpaired) electrons. The Balaban J connectivity index is 0.830. The van der Waals surface area contributed by atoms with Crippen LogP contribution in [0, 0.1) is 0 Å². The maximum atomic E-state index is 5.30. The molecule has 1 aliphatic rings. The fourth-order valence-electron chi connectivity index (χ4n) is 13.4. The van der Waals surface area contributed by atoms with Crippen molar-refractivity contribution in [2.45, 2.75) is 12.5 Å². The van der Waals surface area contributed by atoms with E-state index in [9.17, 15) is 0 Å². The van der Waals surface area contributed by atoms with Crippen LogP contribution in [-0.4, -0.2) is 29.0 Å². The van der Waals surface area contributed by atoms with Gasteiger partial charge in [0.15, 0.2) is 0 Å². The molecule has 1 atom stereocenters. The highest BCUT2D eigenvalue weighted by Gasteiger charge is 2.24. The summed E-state index contributed by atoms with van der Waals surface area (Å²) in [5.41, 5.74) is 21.1. The third kappa shape index (κ3) is 7.14. The standard InChI is InChI=1S/C76H50N6/c1-3-20-49(21-4-1)64-34-18-36-66(77-64)51-24-15-26-53(44-51)80-68-38-11-8-31-58(68)62-48-74-63(47-73(62)80)59-32-9-12-39-69(59)81(74)56-29-17-28-55(46-56)79-71-41-14-10-33-61(71)75-72(79)43-42-60-57-30-7-13-40-70(57)82(76(60)75)54-27-16-25-52(45-54)67-37-19-35-65(78-67)50-22-5-2-6-23-50/h1-33,35-48,64H,34H2. The average Bonchev–Trinajstić information content (AvgIpc) is 2.93. The fourth-order valence-corrected chi connectivity index (χ4v) is 13.4. The quantitative estimate of drug-likeness (QED) is 0.150. The Kier molecular flexibility index (Phi) is 10.3. The zero-order chi connectivity index (χ0) is 53.8. The maximum Gasteiger partial charge on any atom is 0.0790 e. The predicted molar refractivity (Wildman–Crippen MR) is 342 cm³/mol. The van der Waals surface area contributed by atoms with E-state index in [1.54, 1.807) is 0 Å². The van der Waals surface area contributed by atoms with Gasteiger partial charge < -0.3 is 18.3 Å². The third-order valence-corrected chi connectivity index (χ3v) is 17.0. The van der Waals surface area contributed by atoms with Gasteiger partial charge in [0.2, 0.25) is 0 Å². The molecule has 384 valence electrons. The third-order valence-electron chi connectivity index (χ3n) is 17.0. The zero-order valence-corrected chi connectivity index (χ0v) is 44.6. The van der Waals surface area contributed by atoms with E-state index in [0.717, 1.165) is 90.5 Å². The van der Waals surface area contributed by atoms with Gasteiger partial charge in [0, 0.05) is 82.5 Å². The molecule has 0 saturated carbocycles. The van der Waals surface area contributed by atoms with Gasteiger partial charge in [-0.2, -0.15) is 0 Å². The molecule has 82 heavy (non-hydrogen) atoms. The van der Waals surface area contributed by atoms with Crippen LogP contribution in [-0.2, 0) is 0 Å². The topological polar surface area (TPSA) is 45.0 Å². The minimum Gasteiger partial charge on any atom is -0.309 e. The number of benzene rings is 11. The summed E-state index contributed by atoms with van der Waals surface area (Å²) in [6, 6.07) is 99.4. The molecular formula is C76H50N6. The van der Waals surface area contributed by atoms with E-state index in [2.05, 4.69) is 297 Å². The Morgan fingerprint density at radius 2 is 0.768 bits per heavy atom. The predicted octanol–water partition coefficient (Wildman–Crippen LogP) is 19.3. The summed E-state index contributed by atoms with van der Waals surface area (Å²) in [6.45, 7) is 0. The molecule has 11 aromatic carbocycles. The monoisotopic (exact) mass is 1050 g/mol. The summed E-state index contributed by atoms with van der Waals surface area (Å²) in [5.74, 6) is 0. The molecule has 6 nitrogen and oxygen atoms in total. The highest BCUT2D eigenvalue weighted by atomic mass is 15.0. The highest BCUT2D eigenvalue weighted by molar-refractivity contribution is 6.26. The first-order chi connectivity index (χ1) is 40.7. The number of aliphatic imine (C=N–C) groups is 1. The van der Waals surface area contributed by atoms with E-state index in [-0.39, 0.29) is 6.04 Å². The van der Waals surface area contributed by atoms with Crippen LogP contribution in [0.1, 0.15) is 23.6 Å². The summed E-state index contributed by atoms with van der Waals surface area (Å²) < 4.78 is 9.86. The van der Waals surface area contributed by atoms with E-state index in [1.165, 1.54) is 65.2 Å². The molecule has 0 saturated heterocycles. The maximum absolute atomic E-state index is 5.30. The number of hydrogen-bond acceptors (Lipinski definition) is 2. The minimum absolute atomic E-state index is 0.0972. The lowest BCUT2D eigenvalue weighted by atomic mass is 9.99. The number of dihydropyridines is 1. The number of hydrogen-bond donors (Lipinski definition) is 0. The Morgan fingerprint density at radius 1 is 0.305 bits per heavy atom. The number of nitrogens with zero attached hydrogens (tertiary/aromatic N) is 6. The molecule has 6 heterocycles. The van der Waals surface area contributed by atoms with Crippen molar-refractivity contribution in [1.82, 2.24) is 23.3 Å². The van der Waals surface area contributed by atoms with Crippen molar-refractivity contribution < 1.29 is 0 Å². The van der Waals surface area contributed by atoms with Gasteiger partial charge in [-0.3, -0.25) is 4.99 Å². The van der Waals surface area contributed by atoms with Crippen LogP contribution in [0.4, 0.5) is 0 Å². The van der Waals surface area contributed by atoms with Crippen molar-refractivity contribution in [2.24, 2.45) is 4.99 Å². The van der Waals surface area contributed by atoms with Crippen molar-refractivity contribution >= 4 is 92.9 Å². The summed E-state index contributed by atoms with van der Waals surface area (Å²) in [6.07, 6.45) is 5.35. The van der Waals surface area contributed by atoms with Crippen LogP contribution in [0.2, 0.25) is 0 Å². The number of para-hydroxylation sites is 4. The van der Waals surface area contributed by atoms with Gasteiger partial charge in [-0.25, -0.2) is 4.98 Å². The Labute approximate surface area is 472 Å². The second-order valence-corrected chi connectivity index (χ2v) is 21.6. The second-order valence-electron chi connectivity index (χ2n) is 21.6. The van der Waals surface area contributed by atoms with Gasteiger partial charge in [-0.15, -0.1) is 0 Å². The van der Waals surface area contributed by atoms with Gasteiger partial charge in [-0.05, 0) is 115 Å². The van der Waals surface area contributed by atoms with Crippen LogP contribution >= 0.6 is 0 Å². The number of rotatable bonds is 8. The molecule has 6 heteroatoms. The summed E-state index contributed by atoms with van der Waals surface area (Å²) >= 11 is 0. The minimum atomic E-state index is 0.0972. The van der Waals surface area contributed by atoms with Gasteiger partial charge in [0.25, 0.3) is 0 Å². The van der Waals surface area contributed by atoms with Crippen LogP contribution in [0.5, 0.6) is 0 Å². The first-order valence-electron chi connectivity index (χ1n) is 28.2. The lowest BCUT2D eigenvalue weighted by Crippen LogP contribution is -2.07. The summed E-state index contributed by atoms with van der Waals surface area (Å²) in [4.78, 5) is 10.5. The van der Waals surface area contributed by atoms with E-state index < -0.39 is 0 Å². The normalized spacial score (nSPS) is 13.7. The molecule has 0 aliphatic carbocycles. The lowest BCUT2D eigenvalue weighted by molar-refractivity contribution is 0.737. The molecule has 0 bridgehead atoms. The summed E-state index contributed by atoms with van der Waals surface area (Å²) in [7, 11) is 0. The van der Waals surface area contributed by atoms with Crippen molar-refractivity contribution in [2.75, 3.05) is 0 Å². The van der Waals surface area contributed by atoms with Crippen molar-refractivity contribution in [3.8, 4) is 45.3 Å². The largest absolute Gasteiger partial charge is 0.309 e. The molecule has 0 spiro atoms. The molecule has 1 aliphatic heterocycles. The lowest BCUT2D eigenvalue weighted by Gasteiger charge is -2.17. The molecular weight excluding hydrogens is 997 g/mol. The first kappa shape index (κ1) is 46.1. The SMILES string of the molecule is C1=CC(c2cccc(-n3c4ccccc4c4cc5c(cc43)c3ccccc3n5-c3cccc(-n4c5ccccc5c5c4ccc4c6ccccc6n(-c6cccc(-c7cccc(-c8ccccc8)n7)c6)c45)c3)c2)=NC(c2ccccc2)C1. The van der Waals surface area contributed by atoms with Crippen LogP contribution in [0.25, 0.3) is 132 Å². The van der Waals surface area contributed by atoms with Gasteiger partial charge in [0.05, 0.1) is 67.3 Å². The Hall–Kier alpha value is -10.8. The molecule has 0 amide bonds. The van der Waals surface area contributed by atoms with Crippen LogP contribution in [0.15, 0.2) is 290 Å². The van der Waals surface area contributed by atoms with E-state index in [0.29, 0.717) is 0 Å². The van der Waals surface area contributed by atoms with Crippen LogP contribution < -0.4 is 0 Å². The Bertz CT molecular complexity index is 5320. The van der Waals surface area contributed by atoms with Gasteiger partial charge in [-0.1, -0.05) is 182 Å². The fraction of sp³-hybridized carbons (Fsp3) is 0.0263. The van der Waals surface area contributed by atoms with E-state index in [4.69, 9.17) is 9.98 Å². The molecule has 1 unspecified atom stereocenters. The Morgan fingerprint density at radius 3 is 1.43 bits per heavy atom.